The van der Waals surface area contributed by atoms with E-state index in [4.69, 9.17) is 57.9 Å². The minimum Gasteiger partial charge on any atom is -0.870 e. The van der Waals surface area contributed by atoms with Crippen LogP contribution >= 0.6 is 0 Å². The first-order chi connectivity index (χ1) is 61.7. The van der Waals surface area contributed by atoms with Gasteiger partial charge in [-0.3, -0.25) is 19.2 Å². The molecule has 0 amide bonds. The molecule has 129 heavy (non-hydrogen) atoms. The molecule has 8 N–H and O–H groups in total. The number of carbonyl (C=O) groups excluding carboxylic acids is 3. The van der Waals surface area contributed by atoms with Crippen molar-refractivity contribution >= 4 is 67.8 Å². The van der Waals surface area contributed by atoms with Crippen LogP contribution in [-0.4, -0.2) is 64.5 Å². The van der Waals surface area contributed by atoms with E-state index in [9.17, 15) is 47.0 Å². The average Bonchev–Trinajstić information content (AvgIpc) is 1.73. The molecule has 660 valence electrons. The summed E-state index contributed by atoms with van der Waals surface area (Å²) in [5.41, 5.74) is 32.1. The number of para-hydroxylation sites is 4. The predicted molar refractivity (Wildman–Crippen MR) is 482 cm³/mol. The molecule has 0 radical (unpaired) electrons. The van der Waals surface area contributed by atoms with Gasteiger partial charge in [-0.05, 0) is 210 Å². The average molecular weight is 1750 g/mol. The number of furan rings is 4. The van der Waals surface area contributed by atoms with Gasteiger partial charge in [0.05, 0.1) is 77.2 Å². The molecular weight excluding hydrogens is 1650 g/mol. The van der Waals surface area contributed by atoms with Gasteiger partial charge < -0.3 is 78.4 Å². The Morgan fingerprint density at radius 3 is 0.930 bits per heavy atom. The zero-order valence-electron chi connectivity index (χ0n) is 72.2. The standard InChI is InChI=1S/C27H25FO4.C26H24FNO4.C24H20FNO4.C17H16O2.C10H11FO3.Li.H2O/c1-3-18-7-5-8-20(13-18)23-15-19(14-22-11-12-31-26(22)23)17-32-27-21(9-6-10-24(27)28)16-25(29)30-4-2;1-2-30-24(29)14-20-7-4-8-23(27)26(20)32-16-18-12-21-9-10-31-25(21)22(13-18)19-6-3-5-17(11-19)15-28;25-21-6-2-5-18(12-22(27)28)24(21)30-14-16-10-19-7-8-29-23(19)20(11-16)17-4-1-3-15(9-17)13-26;1-2-12-4-3-5-14(8-12)16-10-13(11-18)9-15-6-7-19-17(15)16;1-2-14-9(12)6-7-4-3-5-8(11)10(7)13;;/h5-15H,3-4,16-17H2,1-2H3;3-13H,2,14-16,28H2,1H3;1-11H,12-14,26H2,(H,27,28);3-10,18H,2,11H2,1H3;3-5,13H,2,6H2,1H3;;1H2/q;;;;;+1;/p-1. The van der Waals surface area contributed by atoms with Crippen molar-refractivity contribution in [2.75, 3.05) is 19.8 Å². The smallest absolute Gasteiger partial charge is 0.870 e. The molecule has 4 aromatic heterocycles. The third-order valence-corrected chi connectivity index (χ3v) is 20.5. The Kier molecular flexibility index (Phi) is 35.8. The zero-order chi connectivity index (χ0) is 89.9. The number of carboxylic acid groups (broad SMARTS) is 1. The van der Waals surface area contributed by atoms with Crippen molar-refractivity contribution in [3.8, 4) is 67.5 Å². The number of rotatable bonds is 29. The number of hydrogen-bond donors (Lipinski definition) is 5. The second-order valence-corrected chi connectivity index (χ2v) is 29.3. The summed E-state index contributed by atoms with van der Waals surface area (Å²) in [4.78, 5) is 45.9. The molecule has 25 heteroatoms. The molecule has 0 saturated carbocycles. The van der Waals surface area contributed by atoms with Crippen molar-refractivity contribution in [2.24, 2.45) is 11.5 Å². The van der Waals surface area contributed by atoms with E-state index >= 15 is 0 Å². The Bertz CT molecular complexity index is 6300. The summed E-state index contributed by atoms with van der Waals surface area (Å²) in [7, 11) is 0. The minimum atomic E-state index is -1.05. The normalized spacial score (nSPS) is 10.7. The maximum absolute atomic E-state index is 14.5. The molecule has 0 saturated heterocycles. The number of carboxylic acids is 1. The second kappa shape index (κ2) is 47.6. The van der Waals surface area contributed by atoms with Crippen LogP contribution in [0.2, 0.25) is 0 Å². The summed E-state index contributed by atoms with van der Waals surface area (Å²) < 4.78 is 111. The number of ether oxygens (including phenoxy) is 6. The number of aromatic hydroxyl groups is 1. The van der Waals surface area contributed by atoms with Crippen LogP contribution < -0.4 is 44.5 Å². The van der Waals surface area contributed by atoms with E-state index in [1.54, 1.807) is 76.2 Å². The van der Waals surface area contributed by atoms with Crippen LogP contribution in [0.5, 0.6) is 23.0 Å². The number of esters is 3. The van der Waals surface area contributed by atoms with Crippen LogP contribution in [0, 0.1) is 23.3 Å². The van der Waals surface area contributed by atoms with Crippen LogP contribution in [0.15, 0.2) is 285 Å². The molecule has 0 aliphatic rings. The SMILES string of the molecule is CCOC(=O)Cc1cccc(F)c1O.CCOC(=O)Cc1cccc(F)c1OCc1cc(-c2cccc(CC)c2)c2occc2c1.CCOC(=O)Cc1cccc(F)c1OCc1cc(-c2cccc(CN)c2)c2occc2c1.CCc1cccc(-c2cc(CO)cc3ccoc23)c1.NCc1cccc(-c2cc(COc3c(F)cccc3CC(=O)O)cc3ccoc23)c1.[Li+].[OH-]. The van der Waals surface area contributed by atoms with Crippen LogP contribution in [0.4, 0.5) is 17.6 Å². The molecular formula is C104H97F4LiN2O18. The van der Waals surface area contributed by atoms with Crippen molar-refractivity contribution in [3.63, 3.8) is 0 Å². The molecule has 16 aromatic rings. The molecule has 4 heterocycles. The molecule has 0 spiro atoms. The maximum atomic E-state index is 14.5. The van der Waals surface area contributed by atoms with Crippen LogP contribution in [0.3, 0.4) is 0 Å². The fraction of sp³-hybridized carbons (Fsp3) is 0.192. The number of aryl methyl sites for hydroxylation is 2. The summed E-state index contributed by atoms with van der Waals surface area (Å²) in [6.45, 7) is 11.5. The molecule has 0 unspecified atom stereocenters. The van der Waals surface area contributed by atoms with E-state index in [1.807, 2.05) is 127 Å². The number of aliphatic hydroxyl groups excluding tert-OH is 1. The Morgan fingerprint density at radius 1 is 0.341 bits per heavy atom. The van der Waals surface area contributed by atoms with E-state index in [0.29, 0.717) is 29.8 Å². The first kappa shape index (κ1) is 97.2. The number of carbonyl (C=O) groups is 4. The number of aliphatic hydroxyl groups is 1. The quantitative estimate of drug-likeness (QED) is 0.0126. The maximum Gasteiger partial charge on any atom is 1.00 e. The minimum absolute atomic E-state index is 0. The molecule has 20 nitrogen and oxygen atoms in total. The van der Waals surface area contributed by atoms with Gasteiger partial charge in [-0.25, -0.2) is 17.6 Å². The monoisotopic (exact) mass is 1740 g/mol. The van der Waals surface area contributed by atoms with E-state index in [0.717, 1.165) is 141 Å². The first-order valence-corrected chi connectivity index (χ1v) is 41.4. The summed E-state index contributed by atoms with van der Waals surface area (Å²) >= 11 is 0. The zero-order valence-corrected chi connectivity index (χ0v) is 72.2. The number of phenols is 1. The summed E-state index contributed by atoms with van der Waals surface area (Å²) in [6, 6.07) is 73.3. The molecule has 12 aromatic carbocycles. The molecule has 0 aliphatic heterocycles. The van der Waals surface area contributed by atoms with E-state index < -0.39 is 52.9 Å². The van der Waals surface area contributed by atoms with E-state index in [1.165, 1.54) is 47.5 Å². The van der Waals surface area contributed by atoms with Gasteiger partial charge >= 0.3 is 42.7 Å². The van der Waals surface area contributed by atoms with Gasteiger partial charge in [-0.2, -0.15) is 0 Å². The molecule has 0 aliphatic carbocycles. The van der Waals surface area contributed by atoms with Crippen LogP contribution in [-0.2, 0) is 111 Å². The van der Waals surface area contributed by atoms with Crippen molar-refractivity contribution in [1.82, 2.24) is 0 Å². The fourth-order valence-corrected chi connectivity index (χ4v) is 14.4. The van der Waals surface area contributed by atoms with Crippen molar-refractivity contribution in [1.29, 1.82) is 0 Å². The number of phenolic OH excluding ortho intramolecular Hbond substituents is 1. The van der Waals surface area contributed by atoms with Crippen LogP contribution in [0.25, 0.3) is 88.4 Å². The van der Waals surface area contributed by atoms with Gasteiger partial charge in [0.15, 0.2) is 46.3 Å². The van der Waals surface area contributed by atoms with Gasteiger partial charge in [-0.15, -0.1) is 0 Å². The molecule has 0 atom stereocenters. The van der Waals surface area contributed by atoms with Gasteiger partial charge in [-0.1, -0.05) is 147 Å². The third-order valence-electron chi connectivity index (χ3n) is 20.5. The summed E-state index contributed by atoms with van der Waals surface area (Å²) in [5.74, 6) is -5.12. The number of halogens is 4. The predicted octanol–water partition coefficient (Wildman–Crippen LogP) is 19.4. The van der Waals surface area contributed by atoms with E-state index in [2.05, 4.69) is 61.0 Å². The Morgan fingerprint density at radius 2 is 0.620 bits per heavy atom. The Balaban J connectivity index is 0.000000172. The van der Waals surface area contributed by atoms with Crippen LogP contribution in [0.1, 0.15) is 101 Å². The van der Waals surface area contributed by atoms with Gasteiger partial charge in [0.2, 0.25) is 0 Å². The van der Waals surface area contributed by atoms with Crippen molar-refractivity contribution in [3.05, 3.63) is 358 Å². The number of fused-ring (bicyclic) bond motifs is 4. The van der Waals surface area contributed by atoms with Gasteiger partial charge in [0, 0.05) is 79.1 Å². The molecule has 16 rings (SSSR count). The van der Waals surface area contributed by atoms with Crippen molar-refractivity contribution < 1.29 is 122 Å². The number of benzene rings is 12. The Hall–Kier alpha value is -14.0. The topological polar surface area (TPSA) is 319 Å². The van der Waals surface area contributed by atoms with Gasteiger partial charge in [0.25, 0.3) is 0 Å². The third kappa shape index (κ3) is 25.7. The second-order valence-electron chi connectivity index (χ2n) is 29.3. The Labute approximate surface area is 755 Å². The molecule has 0 bridgehead atoms. The number of hydrogen-bond acceptors (Lipinski definition) is 19. The largest absolute Gasteiger partial charge is 1.00 e. The summed E-state index contributed by atoms with van der Waals surface area (Å²) in [6.07, 6.45) is 8.03. The first-order valence-electron chi connectivity index (χ1n) is 41.4. The molecule has 0 fully saturated rings. The van der Waals surface area contributed by atoms with E-state index in [-0.39, 0.29) is 119 Å². The van der Waals surface area contributed by atoms with Gasteiger partial charge in [0.1, 0.15) is 42.2 Å². The fourth-order valence-electron chi connectivity index (χ4n) is 14.4. The summed E-state index contributed by atoms with van der Waals surface area (Å²) in [5, 5.41) is 31.5. The van der Waals surface area contributed by atoms with Crippen molar-refractivity contribution in [2.45, 2.75) is 113 Å². The number of aliphatic carboxylic acids is 1. The number of nitrogens with two attached hydrogens (primary N) is 2.